The van der Waals surface area contributed by atoms with Crippen LogP contribution < -0.4 is 11.1 Å². The summed E-state index contributed by atoms with van der Waals surface area (Å²) in [5.41, 5.74) is 6.42. The molecule has 0 unspecified atom stereocenters. The molecule has 0 bridgehead atoms. The summed E-state index contributed by atoms with van der Waals surface area (Å²) < 4.78 is 0. The van der Waals surface area contributed by atoms with E-state index in [1.807, 2.05) is 0 Å². The summed E-state index contributed by atoms with van der Waals surface area (Å²) >= 11 is 0. The molecule has 3 N–H and O–H groups in total. The molecule has 0 aromatic carbocycles. The van der Waals surface area contributed by atoms with Gasteiger partial charge in [-0.25, -0.2) is 0 Å². The number of nitrogens with one attached hydrogen (secondary N) is 1. The van der Waals surface area contributed by atoms with Gasteiger partial charge in [0, 0.05) is 6.54 Å². The molecule has 0 amide bonds. The van der Waals surface area contributed by atoms with Crippen molar-refractivity contribution in [3.05, 3.63) is 0 Å². The summed E-state index contributed by atoms with van der Waals surface area (Å²) in [6, 6.07) is 0. The lowest BCUT2D eigenvalue weighted by Crippen LogP contribution is -2.31. The lowest BCUT2D eigenvalue weighted by molar-refractivity contribution is 0.266. The van der Waals surface area contributed by atoms with E-state index in [0.29, 0.717) is 5.41 Å². The van der Waals surface area contributed by atoms with Gasteiger partial charge in [0.1, 0.15) is 0 Å². The molecule has 2 fully saturated rings. The topological polar surface area (TPSA) is 38.0 Å². The van der Waals surface area contributed by atoms with Crippen LogP contribution in [-0.2, 0) is 0 Å². The zero-order valence-corrected chi connectivity index (χ0v) is 10.8. The van der Waals surface area contributed by atoms with E-state index in [2.05, 4.69) is 12.2 Å². The highest BCUT2D eigenvalue weighted by atomic mass is 14.9. The minimum atomic E-state index is 0.703. The van der Waals surface area contributed by atoms with Crippen molar-refractivity contribution in [1.82, 2.24) is 5.32 Å². The molecule has 16 heavy (non-hydrogen) atoms. The molecule has 0 heterocycles. The van der Waals surface area contributed by atoms with Crippen LogP contribution in [0.5, 0.6) is 0 Å². The third kappa shape index (κ3) is 3.21. The van der Waals surface area contributed by atoms with E-state index in [-0.39, 0.29) is 0 Å². The van der Waals surface area contributed by atoms with Crippen LogP contribution in [0.2, 0.25) is 0 Å². The van der Waals surface area contributed by atoms with Crippen molar-refractivity contribution < 1.29 is 0 Å². The molecule has 0 spiro atoms. The van der Waals surface area contributed by atoms with Crippen molar-refractivity contribution in [2.45, 2.75) is 51.9 Å². The van der Waals surface area contributed by atoms with Crippen LogP contribution >= 0.6 is 0 Å². The summed E-state index contributed by atoms with van der Waals surface area (Å²) in [5, 5.41) is 3.71. The second-order valence-corrected chi connectivity index (χ2v) is 6.11. The Labute approximate surface area is 100 Å². The van der Waals surface area contributed by atoms with Crippen LogP contribution in [-0.4, -0.2) is 19.6 Å². The Hall–Kier alpha value is -0.0800. The smallest absolute Gasteiger partial charge is 0.000783 e. The zero-order valence-electron chi connectivity index (χ0n) is 10.8. The fourth-order valence-electron chi connectivity index (χ4n) is 3.04. The Morgan fingerprint density at radius 3 is 2.25 bits per heavy atom. The van der Waals surface area contributed by atoms with Gasteiger partial charge >= 0.3 is 0 Å². The van der Waals surface area contributed by atoms with Crippen molar-refractivity contribution in [3.63, 3.8) is 0 Å². The first-order chi connectivity index (χ1) is 7.78. The molecule has 2 nitrogen and oxygen atoms in total. The quantitative estimate of drug-likeness (QED) is 0.727. The normalized spacial score (nSPS) is 32.6. The summed E-state index contributed by atoms with van der Waals surface area (Å²) in [5.74, 6) is 1.75. The average Bonchev–Trinajstić information content (AvgIpc) is 3.11. The Balaban J connectivity index is 1.57. The maximum absolute atomic E-state index is 5.72. The molecule has 2 saturated carbocycles. The summed E-state index contributed by atoms with van der Waals surface area (Å²) in [4.78, 5) is 0. The predicted octanol–water partition coefficient (Wildman–Crippen LogP) is 2.53. The van der Waals surface area contributed by atoms with E-state index in [9.17, 15) is 0 Å². The highest BCUT2D eigenvalue weighted by Crippen LogP contribution is 2.47. The predicted molar refractivity (Wildman–Crippen MR) is 69.3 cm³/mol. The molecule has 0 saturated heterocycles. The van der Waals surface area contributed by atoms with Gasteiger partial charge in [-0.05, 0) is 75.3 Å². The van der Waals surface area contributed by atoms with Crippen molar-refractivity contribution in [2.75, 3.05) is 19.6 Å². The number of hydrogen-bond acceptors (Lipinski definition) is 2. The molecule has 0 atom stereocenters. The van der Waals surface area contributed by atoms with E-state index in [1.54, 1.807) is 0 Å². The maximum atomic E-state index is 5.72. The van der Waals surface area contributed by atoms with Gasteiger partial charge in [-0.1, -0.05) is 6.92 Å². The van der Waals surface area contributed by atoms with Crippen molar-refractivity contribution in [1.29, 1.82) is 0 Å². The Morgan fingerprint density at radius 2 is 1.75 bits per heavy atom. The monoisotopic (exact) mass is 224 g/mol. The molecular weight excluding hydrogens is 196 g/mol. The number of hydrogen-bond donors (Lipinski definition) is 2. The van der Waals surface area contributed by atoms with Gasteiger partial charge in [0.05, 0.1) is 0 Å². The van der Waals surface area contributed by atoms with Crippen molar-refractivity contribution in [3.8, 4) is 0 Å². The van der Waals surface area contributed by atoms with Crippen LogP contribution in [0.3, 0.4) is 0 Å². The van der Waals surface area contributed by atoms with E-state index in [1.165, 1.54) is 58.0 Å². The van der Waals surface area contributed by atoms with Gasteiger partial charge in [0.25, 0.3) is 0 Å². The first kappa shape index (κ1) is 12.4. The molecule has 2 heteroatoms. The SMILES string of the molecule is CCC1(CNCC2CCC(CN)CC2)CC1. The zero-order chi connectivity index (χ0) is 11.4. The minimum Gasteiger partial charge on any atom is -0.330 e. The van der Waals surface area contributed by atoms with Crippen molar-refractivity contribution in [2.24, 2.45) is 23.0 Å². The Morgan fingerprint density at radius 1 is 1.12 bits per heavy atom. The highest BCUT2D eigenvalue weighted by Gasteiger charge is 2.39. The fourth-order valence-corrected chi connectivity index (χ4v) is 3.04. The van der Waals surface area contributed by atoms with E-state index in [4.69, 9.17) is 5.73 Å². The van der Waals surface area contributed by atoms with Gasteiger partial charge < -0.3 is 11.1 Å². The van der Waals surface area contributed by atoms with Crippen molar-refractivity contribution >= 4 is 0 Å². The average molecular weight is 224 g/mol. The first-order valence-electron chi connectivity index (χ1n) is 7.19. The minimum absolute atomic E-state index is 0.703. The van der Waals surface area contributed by atoms with Crippen LogP contribution in [0, 0.1) is 17.3 Å². The number of nitrogens with two attached hydrogens (primary N) is 1. The number of rotatable bonds is 6. The molecule has 0 radical (unpaired) electrons. The largest absolute Gasteiger partial charge is 0.330 e. The van der Waals surface area contributed by atoms with Gasteiger partial charge in [-0.15, -0.1) is 0 Å². The van der Waals surface area contributed by atoms with Crippen LogP contribution in [0.15, 0.2) is 0 Å². The van der Waals surface area contributed by atoms with Gasteiger partial charge in [-0.2, -0.15) is 0 Å². The van der Waals surface area contributed by atoms with E-state index >= 15 is 0 Å². The fraction of sp³-hybridized carbons (Fsp3) is 1.00. The van der Waals surface area contributed by atoms with Gasteiger partial charge in [-0.3, -0.25) is 0 Å². The Bertz CT molecular complexity index is 203. The van der Waals surface area contributed by atoms with E-state index in [0.717, 1.165) is 18.4 Å². The Kier molecular flexibility index (Phi) is 4.26. The molecular formula is C14H28N2. The molecule has 94 valence electrons. The summed E-state index contributed by atoms with van der Waals surface area (Å²) in [6.45, 7) is 5.75. The first-order valence-corrected chi connectivity index (χ1v) is 7.19. The summed E-state index contributed by atoms with van der Waals surface area (Å²) in [6.07, 6.45) is 9.79. The van der Waals surface area contributed by atoms with Crippen LogP contribution in [0.25, 0.3) is 0 Å². The molecule has 2 aliphatic carbocycles. The van der Waals surface area contributed by atoms with E-state index < -0.39 is 0 Å². The van der Waals surface area contributed by atoms with Gasteiger partial charge in [0.2, 0.25) is 0 Å². The second kappa shape index (κ2) is 5.50. The standard InChI is InChI=1S/C14H28N2/c1-2-14(7-8-14)11-16-10-13-5-3-12(9-15)4-6-13/h12-13,16H,2-11,15H2,1H3. The summed E-state index contributed by atoms with van der Waals surface area (Å²) in [7, 11) is 0. The molecule has 0 aromatic rings. The third-order valence-corrected chi connectivity index (χ3v) is 4.94. The van der Waals surface area contributed by atoms with Crippen LogP contribution in [0.1, 0.15) is 51.9 Å². The van der Waals surface area contributed by atoms with Crippen LogP contribution in [0.4, 0.5) is 0 Å². The third-order valence-electron chi connectivity index (χ3n) is 4.94. The maximum Gasteiger partial charge on any atom is 0.000783 e. The second-order valence-electron chi connectivity index (χ2n) is 6.11. The molecule has 0 aromatic heterocycles. The molecule has 0 aliphatic heterocycles. The highest BCUT2D eigenvalue weighted by molar-refractivity contribution is 4.93. The lowest BCUT2D eigenvalue weighted by atomic mass is 9.82. The molecule has 2 aliphatic rings. The van der Waals surface area contributed by atoms with Gasteiger partial charge in [0.15, 0.2) is 0 Å². The lowest BCUT2D eigenvalue weighted by Gasteiger charge is -2.28. The molecule has 2 rings (SSSR count).